The average molecular weight is 435 g/mol. The molecule has 2 saturated carbocycles. The van der Waals surface area contributed by atoms with Gasteiger partial charge in [0.1, 0.15) is 5.75 Å². The van der Waals surface area contributed by atoms with Crippen molar-refractivity contribution in [1.82, 2.24) is 5.32 Å². The number of aryl methyl sites for hydroxylation is 1. The standard InChI is InChI=1S/C23H34N2O4S/c1-14(2)13-25-22(26)21-9-8-20-19-6-4-15-12-16(29-30(24,27)28)5-7-17(15)18(19)10-11-23(20,21)3/h5,7,12,14,18-21H,4,6,8-11,13H2,1-3H3,(H,25,26)(H2,24,27,28)/t18?,19?,20?,21-,23+/m1/s1. The molecular formula is C23H34N2O4S. The Kier molecular flexibility index (Phi) is 5.64. The molecule has 4 rings (SSSR count). The van der Waals surface area contributed by atoms with E-state index in [0.29, 0.717) is 23.7 Å². The number of rotatable bonds is 5. The van der Waals surface area contributed by atoms with Crippen LogP contribution in [0.5, 0.6) is 5.75 Å². The SMILES string of the molecule is CC(C)CNC(=O)[C@H]1CCC2C3CCc4cc(OS(N)(=O)=O)ccc4C3CC[C@@]21C. The van der Waals surface area contributed by atoms with E-state index in [1.165, 1.54) is 11.1 Å². The number of hydrogen-bond donors (Lipinski definition) is 2. The fraction of sp³-hybridized carbons (Fsp3) is 0.696. The third-order valence-corrected chi connectivity index (χ3v) is 8.34. The summed E-state index contributed by atoms with van der Waals surface area (Å²) in [5, 5.41) is 8.20. The van der Waals surface area contributed by atoms with Gasteiger partial charge in [-0.3, -0.25) is 4.79 Å². The molecule has 0 aliphatic heterocycles. The van der Waals surface area contributed by atoms with Crippen LogP contribution in [0.4, 0.5) is 0 Å². The first kappa shape index (κ1) is 21.6. The van der Waals surface area contributed by atoms with Crippen molar-refractivity contribution in [3.63, 3.8) is 0 Å². The van der Waals surface area contributed by atoms with E-state index in [0.717, 1.165) is 45.1 Å². The lowest BCUT2D eigenvalue weighted by Gasteiger charge is -2.50. The van der Waals surface area contributed by atoms with E-state index in [-0.39, 0.29) is 23.0 Å². The van der Waals surface area contributed by atoms with Gasteiger partial charge in [-0.15, -0.1) is 0 Å². The van der Waals surface area contributed by atoms with Crippen LogP contribution in [0.25, 0.3) is 0 Å². The molecule has 3 unspecified atom stereocenters. The summed E-state index contributed by atoms with van der Waals surface area (Å²) in [6.07, 6.45) is 6.25. The molecule has 30 heavy (non-hydrogen) atoms. The zero-order valence-electron chi connectivity index (χ0n) is 18.2. The Balaban J connectivity index is 1.53. The Bertz CT molecular complexity index is 929. The van der Waals surface area contributed by atoms with Crippen molar-refractivity contribution in [2.24, 2.45) is 34.2 Å². The molecule has 6 nitrogen and oxygen atoms in total. The Labute approximate surface area is 180 Å². The third kappa shape index (κ3) is 3.98. The second kappa shape index (κ2) is 7.83. The van der Waals surface area contributed by atoms with E-state index in [2.05, 4.69) is 26.1 Å². The minimum Gasteiger partial charge on any atom is -0.371 e. The average Bonchev–Trinajstić information content (AvgIpc) is 3.01. The van der Waals surface area contributed by atoms with Crippen LogP contribution in [-0.4, -0.2) is 20.9 Å². The molecule has 5 atom stereocenters. The lowest BCUT2D eigenvalue weighted by molar-refractivity contribution is -0.130. The van der Waals surface area contributed by atoms with Gasteiger partial charge in [-0.1, -0.05) is 26.8 Å². The lowest BCUT2D eigenvalue weighted by atomic mass is 9.54. The van der Waals surface area contributed by atoms with E-state index >= 15 is 0 Å². The summed E-state index contributed by atoms with van der Waals surface area (Å²) >= 11 is 0. The molecule has 0 saturated heterocycles. The van der Waals surface area contributed by atoms with E-state index < -0.39 is 10.3 Å². The van der Waals surface area contributed by atoms with Crippen LogP contribution < -0.4 is 14.6 Å². The summed E-state index contributed by atoms with van der Waals surface area (Å²) in [5.74, 6) is 2.75. The molecule has 1 amide bonds. The van der Waals surface area contributed by atoms with Gasteiger partial charge in [0.15, 0.2) is 0 Å². The third-order valence-electron chi connectivity index (χ3n) is 7.91. The molecule has 1 aromatic carbocycles. The summed E-state index contributed by atoms with van der Waals surface area (Å²) in [7, 11) is -4.01. The molecule has 2 fully saturated rings. The van der Waals surface area contributed by atoms with Crippen molar-refractivity contribution in [2.75, 3.05) is 6.54 Å². The smallest absolute Gasteiger partial charge is 0.371 e. The molecule has 0 heterocycles. The van der Waals surface area contributed by atoms with Gasteiger partial charge in [0.25, 0.3) is 0 Å². The summed E-state index contributed by atoms with van der Waals surface area (Å²) < 4.78 is 27.4. The number of benzene rings is 1. The predicted octanol–water partition coefficient (Wildman–Crippen LogP) is 3.51. The van der Waals surface area contributed by atoms with Gasteiger partial charge < -0.3 is 9.50 Å². The van der Waals surface area contributed by atoms with Crippen molar-refractivity contribution in [2.45, 2.75) is 65.2 Å². The lowest BCUT2D eigenvalue weighted by Crippen LogP contribution is -2.46. The number of hydrogen-bond acceptors (Lipinski definition) is 4. The Morgan fingerprint density at radius 3 is 2.73 bits per heavy atom. The highest BCUT2D eigenvalue weighted by Gasteiger charge is 2.56. The zero-order chi connectivity index (χ0) is 21.7. The molecule has 0 bridgehead atoms. The maximum Gasteiger partial charge on any atom is 0.380 e. The number of amides is 1. The molecule has 0 aromatic heterocycles. The van der Waals surface area contributed by atoms with Crippen LogP contribution in [0.3, 0.4) is 0 Å². The maximum atomic E-state index is 12.9. The van der Waals surface area contributed by atoms with Crippen LogP contribution in [0.2, 0.25) is 0 Å². The topological polar surface area (TPSA) is 98.5 Å². The highest BCUT2D eigenvalue weighted by molar-refractivity contribution is 7.84. The van der Waals surface area contributed by atoms with Gasteiger partial charge in [-0.25, -0.2) is 0 Å². The van der Waals surface area contributed by atoms with E-state index in [4.69, 9.17) is 9.32 Å². The van der Waals surface area contributed by atoms with Gasteiger partial charge in [0, 0.05) is 12.5 Å². The molecule has 1 aromatic rings. The molecule has 3 aliphatic rings. The predicted molar refractivity (Wildman–Crippen MR) is 116 cm³/mol. The minimum atomic E-state index is -4.01. The van der Waals surface area contributed by atoms with Crippen molar-refractivity contribution >= 4 is 16.2 Å². The molecule has 166 valence electrons. The highest BCUT2D eigenvalue weighted by atomic mass is 32.2. The van der Waals surface area contributed by atoms with E-state index in [1.807, 2.05) is 12.1 Å². The molecular weight excluding hydrogens is 400 g/mol. The Hall–Kier alpha value is -1.60. The summed E-state index contributed by atoms with van der Waals surface area (Å²) in [4.78, 5) is 12.9. The van der Waals surface area contributed by atoms with Crippen molar-refractivity contribution in [3.05, 3.63) is 29.3 Å². The fourth-order valence-corrected chi connectivity index (χ4v) is 6.98. The number of carbonyl (C=O) groups excluding carboxylic acids is 1. The fourth-order valence-electron chi connectivity index (χ4n) is 6.60. The first-order valence-corrected chi connectivity index (χ1v) is 12.7. The highest BCUT2D eigenvalue weighted by Crippen LogP contribution is 2.63. The van der Waals surface area contributed by atoms with Gasteiger partial charge in [-0.05, 0) is 90.9 Å². The van der Waals surface area contributed by atoms with E-state index in [1.54, 1.807) is 6.07 Å². The van der Waals surface area contributed by atoms with Gasteiger partial charge >= 0.3 is 10.3 Å². The number of carbonyl (C=O) groups is 1. The molecule has 0 radical (unpaired) electrons. The Morgan fingerprint density at radius 1 is 1.27 bits per heavy atom. The van der Waals surface area contributed by atoms with Gasteiger partial charge in [0.05, 0.1) is 0 Å². The summed E-state index contributed by atoms with van der Waals surface area (Å²) in [6.45, 7) is 7.35. The molecule has 0 spiro atoms. The van der Waals surface area contributed by atoms with Crippen molar-refractivity contribution in [1.29, 1.82) is 0 Å². The van der Waals surface area contributed by atoms with Gasteiger partial charge in [-0.2, -0.15) is 13.6 Å². The van der Waals surface area contributed by atoms with Crippen molar-refractivity contribution < 1.29 is 17.4 Å². The maximum absolute atomic E-state index is 12.9. The van der Waals surface area contributed by atoms with Gasteiger partial charge in [0.2, 0.25) is 5.91 Å². The Morgan fingerprint density at radius 2 is 2.03 bits per heavy atom. The largest absolute Gasteiger partial charge is 0.380 e. The monoisotopic (exact) mass is 434 g/mol. The zero-order valence-corrected chi connectivity index (χ0v) is 19.0. The minimum absolute atomic E-state index is 0.0798. The van der Waals surface area contributed by atoms with E-state index in [9.17, 15) is 13.2 Å². The second-order valence-electron chi connectivity index (χ2n) is 10.2. The van der Waals surface area contributed by atoms with Crippen LogP contribution in [0.1, 0.15) is 69.9 Å². The van der Waals surface area contributed by atoms with Crippen LogP contribution in [0, 0.1) is 29.1 Å². The number of fused-ring (bicyclic) bond motifs is 5. The van der Waals surface area contributed by atoms with Crippen LogP contribution in [0.15, 0.2) is 18.2 Å². The molecule has 7 heteroatoms. The van der Waals surface area contributed by atoms with Crippen LogP contribution in [-0.2, 0) is 21.5 Å². The molecule has 3 N–H and O–H groups in total. The normalized spacial score (nSPS) is 32.8. The van der Waals surface area contributed by atoms with Crippen molar-refractivity contribution in [3.8, 4) is 5.75 Å². The summed E-state index contributed by atoms with van der Waals surface area (Å²) in [5.41, 5.74) is 2.57. The number of nitrogens with one attached hydrogen (secondary N) is 1. The quantitative estimate of drug-likeness (QED) is 0.741. The second-order valence-corrected chi connectivity index (χ2v) is 11.3. The number of nitrogens with two attached hydrogens (primary N) is 1. The van der Waals surface area contributed by atoms with Crippen LogP contribution >= 0.6 is 0 Å². The first-order chi connectivity index (χ1) is 14.1. The summed E-state index contributed by atoms with van der Waals surface area (Å²) in [6, 6.07) is 5.58. The molecule has 3 aliphatic carbocycles. The first-order valence-electron chi connectivity index (χ1n) is 11.2.